The van der Waals surface area contributed by atoms with Crippen LogP contribution < -0.4 is 0 Å². The summed E-state index contributed by atoms with van der Waals surface area (Å²) in [6.07, 6.45) is 3.87. The molecule has 120 valence electrons. The lowest BCUT2D eigenvalue weighted by Crippen LogP contribution is -2.68. The van der Waals surface area contributed by atoms with Crippen LogP contribution in [0, 0.1) is 11.8 Å². The van der Waals surface area contributed by atoms with Crippen molar-refractivity contribution in [3.8, 4) is 0 Å². The van der Waals surface area contributed by atoms with Crippen LogP contribution >= 0.6 is 0 Å². The van der Waals surface area contributed by atoms with Gasteiger partial charge in [-0.25, -0.2) is 0 Å². The summed E-state index contributed by atoms with van der Waals surface area (Å²) in [6.45, 7) is 11.3. The van der Waals surface area contributed by atoms with Gasteiger partial charge in [-0.2, -0.15) is 0 Å². The average Bonchev–Trinajstić information content (AvgIpc) is 2.41. The smallest absolute Gasteiger partial charge is 0.246 e. The summed E-state index contributed by atoms with van der Waals surface area (Å²) >= 11 is 0. The van der Waals surface area contributed by atoms with E-state index in [1.54, 1.807) is 0 Å². The number of piperazine rings is 1. The van der Waals surface area contributed by atoms with Crippen molar-refractivity contribution in [1.29, 1.82) is 0 Å². The molecule has 2 aliphatic heterocycles. The van der Waals surface area contributed by atoms with Crippen LogP contribution in [0.1, 0.15) is 60.3 Å². The zero-order valence-electron chi connectivity index (χ0n) is 14.1. The highest BCUT2D eigenvalue weighted by atomic mass is 16.2. The highest BCUT2D eigenvalue weighted by molar-refractivity contribution is 5.97. The Labute approximate surface area is 128 Å². The van der Waals surface area contributed by atoms with E-state index >= 15 is 0 Å². The summed E-state index contributed by atoms with van der Waals surface area (Å²) in [5.74, 6) is 1.05. The van der Waals surface area contributed by atoms with Gasteiger partial charge in [0.1, 0.15) is 12.1 Å². The zero-order valence-corrected chi connectivity index (χ0v) is 14.1. The first kappa shape index (κ1) is 16.3. The summed E-state index contributed by atoms with van der Waals surface area (Å²) in [7, 11) is 0. The lowest BCUT2D eigenvalue weighted by Gasteiger charge is -2.50. The van der Waals surface area contributed by atoms with Crippen LogP contribution in [-0.2, 0) is 9.59 Å². The Kier molecular flexibility index (Phi) is 4.95. The summed E-state index contributed by atoms with van der Waals surface area (Å²) in [5, 5.41) is 0. The maximum Gasteiger partial charge on any atom is 0.246 e. The van der Waals surface area contributed by atoms with Gasteiger partial charge in [0.2, 0.25) is 11.8 Å². The average molecular weight is 294 g/mol. The van der Waals surface area contributed by atoms with Crippen LogP contribution in [0.3, 0.4) is 0 Å². The van der Waals surface area contributed by atoms with Crippen LogP contribution in [0.4, 0.5) is 0 Å². The first-order chi connectivity index (χ1) is 9.84. The maximum absolute atomic E-state index is 13.0. The van der Waals surface area contributed by atoms with Gasteiger partial charge in [-0.05, 0) is 44.4 Å². The molecule has 2 amide bonds. The Morgan fingerprint density at radius 2 is 1.71 bits per heavy atom. The van der Waals surface area contributed by atoms with Crippen LogP contribution in [0.2, 0.25) is 0 Å². The summed E-state index contributed by atoms with van der Waals surface area (Å²) in [5.41, 5.74) is 0. The number of carbonyl (C=O) groups excluding carboxylic acids is 2. The van der Waals surface area contributed by atoms with Gasteiger partial charge in [-0.15, -0.1) is 0 Å². The minimum Gasteiger partial charge on any atom is -0.329 e. The van der Waals surface area contributed by atoms with Gasteiger partial charge in [-0.1, -0.05) is 27.7 Å². The van der Waals surface area contributed by atoms with E-state index in [1.165, 1.54) is 0 Å². The summed E-state index contributed by atoms with van der Waals surface area (Å²) in [6, 6.07) is -0.339. The number of hydrogen-bond acceptors (Lipinski definition) is 2. The van der Waals surface area contributed by atoms with E-state index in [4.69, 9.17) is 0 Å². The number of rotatable bonds is 4. The second-order valence-corrected chi connectivity index (χ2v) is 7.46. The largest absolute Gasteiger partial charge is 0.329 e. The molecule has 3 atom stereocenters. The van der Waals surface area contributed by atoms with Gasteiger partial charge in [0, 0.05) is 12.6 Å². The molecule has 0 bridgehead atoms. The second-order valence-electron chi connectivity index (χ2n) is 7.46. The SMILES string of the molecule is CC(C)CC(C)N1C(=O)C2CCCCN2C(=O)C1C(C)C. The third kappa shape index (κ3) is 3.09. The predicted molar refractivity (Wildman–Crippen MR) is 83.7 cm³/mol. The number of hydrogen-bond donors (Lipinski definition) is 0. The molecular formula is C17H30N2O2. The standard InChI is InChI=1S/C17H30N2O2/c1-11(2)10-13(5)19-15(12(3)4)17(21)18-9-7-6-8-14(18)16(19)20/h11-15H,6-10H2,1-5H3. The molecule has 2 aliphatic rings. The Morgan fingerprint density at radius 1 is 1.05 bits per heavy atom. The maximum atomic E-state index is 13.0. The molecule has 0 N–H and O–H groups in total. The molecule has 0 spiro atoms. The quantitative estimate of drug-likeness (QED) is 0.800. The fourth-order valence-corrected chi connectivity index (χ4v) is 3.94. The molecule has 2 rings (SSSR count). The zero-order chi connectivity index (χ0) is 15.7. The molecule has 21 heavy (non-hydrogen) atoms. The number of carbonyl (C=O) groups is 2. The molecule has 0 aromatic rings. The van der Waals surface area contributed by atoms with E-state index in [0.717, 1.165) is 32.2 Å². The van der Waals surface area contributed by atoms with Gasteiger partial charge in [-0.3, -0.25) is 9.59 Å². The van der Waals surface area contributed by atoms with Crippen molar-refractivity contribution in [3.63, 3.8) is 0 Å². The number of amides is 2. The minimum absolute atomic E-state index is 0.137. The molecule has 2 saturated heterocycles. The van der Waals surface area contributed by atoms with Gasteiger partial charge in [0.15, 0.2) is 0 Å². The van der Waals surface area contributed by atoms with Crippen molar-refractivity contribution in [2.45, 2.75) is 78.4 Å². The van der Waals surface area contributed by atoms with E-state index in [0.29, 0.717) is 5.92 Å². The van der Waals surface area contributed by atoms with Crippen LogP contribution in [-0.4, -0.2) is 46.3 Å². The van der Waals surface area contributed by atoms with Crippen molar-refractivity contribution in [1.82, 2.24) is 9.80 Å². The van der Waals surface area contributed by atoms with Crippen molar-refractivity contribution in [3.05, 3.63) is 0 Å². The van der Waals surface area contributed by atoms with Crippen molar-refractivity contribution in [2.24, 2.45) is 11.8 Å². The Morgan fingerprint density at radius 3 is 2.29 bits per heavy atom. The molecule has 2 fully saturated rings. The third-order valence-electron chi connectivity index (χ3n) is 4.80. The first-order valence-electron chi connectivity index (χ1n) is 8.47. The van der Waals surface area contributed by atoms with E-state index < -0.39 is 0 Å². The normalized spacial score (nSPS) is 28.3. The fraction of sp³-hybridized carbons (Fsp3) is 0.882. The number of nitrogens with zero attached hydrogens (tertiary/aromatic N) is 2. The molecule has 4 nitrogen and oxygen atoms in total. The van der Waals surface area contributed by atoms with Crippen molar-refractivity contribution >= 4 is 11.8 Å². The molecule has 4 heteroatoms. The van der Waals surface area contributed by atoms with E-state index in [9.17, 15) is 9.59 Å². The summed E-state index contributed by atoms with van der Waals surface area (Å²) < 4.78 is 0. The molecular weight excluding hydrogens is 264 g/mol. The van der Waals surface area contributed by atoms with Crippen molar-refractivity contribution in [2.75, 3.05) is 6.54 Å². The molecule has 2 heterocycles. The Balaban J connectivity index is 2.30. The highest BCUT2D eigenvalue weighted by Crippen LogP contribution is 2.31. The molecule has 0 aliphatic carbocycles. The topological polar surface area (TPSA) is 40.6 Å². The van der Waals surface area contributed by atoms with Gasteiger partial charge < -0.3 is 9.80 Å². The molecule has 0 aromatic heterocycles. The lowest BCUT2D eigenvalue weighted by atomic mass is 9.88. The van der Waals surface area contributed by atoms with E-state index in [-0.39, 0.29) is 35.9 Å². The number of fused-ring (bicyclic) bond motifs is 1. The molecule has 0 aromatic carbocycles. The Bertz CT molecular complexity index is 406. The first-order valence-corrected chi connectivity index (χ1v) is 8.47. The second kappa shape index (κ2) is 6.37. The molecule has 3 unspecified atom stereocenters. The molecule has 0 radical (unpaired) electrons. The summed E-state index contributed by atoms with van der Waals surface area (Å²) in [4.78, 5) is 29.6. The number of piperidine rings is 1. The van der Waals surface area contributed by atoms with E-state index in [2.05, 4.69) is 34.6 Å². The highest BCUT2D eigenvalue weighted by Gasteiger charge is 2.48. The minimum atomic E-state index is -0.277. The van der Waals surface area contributed by atoms with Crippen LogP contribution in [0.25, 0.3) is 0 Å². The molecule has 0 saturated carbocycles. The lowest BCUT2D eigenvalue weighted by molar-refractivity contribution is -0.168. The van der Waals surface area contributed by atoms with Crippen molar-refractivity contribution < 1.29 is 9.59 Å². The van der Waals surface area contributed by atoms with Gasteiger partial charge in [0.05, 0.1) is 0 Å². The van der Waals surface area contributed by atoms with Crippen LogP contribution in [0.5, 0.6) is 0 Å². The fourth-order valence-electron chi connectivity index (χ4n) is 3.94. The van der Waals surface area contributed by atoms with Gasteiger partial charge in [0.25, 0.3) is 0 Å². The Hall–Kier alpha value is -1.06. The van der Waals surface area contributed by atoms with Crippen LogP contribution in [0.15, 0.2) is 0 Å². The third-order valence-corrected chi connectivity index (χ3v) is 4.80. The van der Waals surface area contributed by atoms with E-state index in [1.807, 2.05) is 9.80 Å². The monoisotopic (exact) mass is 294 g/mol. The predicted octanol–water partition coefficient (Wildman–Crippen LogP) is 2.67. The van der Waals surface area contributed by atoms with Gasteiger partial charge >= 0.3 is 0 Å².